The molecule has 0 atom stereocenters. The maximum absolute atomic E-state index is 6.13. The Bertz CT molecular complexity index is 657. The molecule has 2 heterocycles. The lowest BCUT2D eigenvalue weighted by Gasteiger charge is -2.01. The number of hydrogen-bond acceptors (Lipinski definition) is 3. The van der Waals surface area contributed by atoms with Gasteiger partial charge in [-0.25, -0.2) is 9.97 Å². The fourth-order valence-corrected chi connectivity index (χ4v) is 1.97. The molecule has 0 unspecified atom stereocenters. The number of aromatic amines is 1. The Morgan fingerprint density at radius 1 is 1.24 bits per heavy atom. The van der Waals surface area contributed by atoms with E-state index in [1.54, 1.807) is 18.3 Å². The molecule has 0 aliphatic heterocycles. The van der Waals surface area contributed by atoms with Gasteiger partial charge in [0.25, 0.3) is 0 Å². The summed E-state index contributed by atoms with van der Waals surface area (Å²) in [4.78, 5) is 11.7. The van der Waals surface area contributed by atoms with Crippen molar-refractivity contribution in [3.05, 3.63) is 41.6 Å². The van der Waals surface area contributed by atoms with Gasteiger partial charge in [0.15, 0.2) is 5.65 Å². The van der Waals surface area contributed by atoms with Crippen LogP contribution in [0.5, 0.6) is 0 Å². The third-order valence-electron chi connectivity index (χ3n) is 2.51. The fraction of sp³-hybridized carbons (Fsp3) is 0. The van der Waals surface area contributed by atoms with Crippen LogP contribution < -0.4 is 5.73 Å². The van der Waals surface area contributed by atoms with E-state index in [2.05, 4.69) is 15.0 Å². The quantitative estimate of drug-likeness (QED) is 0.647. The molecular formula is C12H9ClN4. The van der Waals surface area contributed by atoms with Crippen LogP contribution in [0.2, 0.25) is 5.02 Å². The Morgan fingerprint density at radius 3 is 2.88 bits per heavy atom. The Labute approximate surface area is 102 Å². The largest absolute Gasteiger partial charge is 0.399 e. The number of aromatic nitrogens is 3. The summed E-state index contributed by atoms with van der Waals surface area (Å²) in [5.41, 5.74) is 8.66. The summed E-state index contributed by atoms with van der Waals surface area (Å²) in [7, 11) is 0. The van der Waals surface area contributed by atoms with Crippen molar-refractivity contribution in [3.8, 4) is 11.4 Å². The van der Waals surface area contributed by atoms with E-state index < -0.39 is 0 Å². The van der Waals surface area contributed by atoms with Gasteiger partial charge >= 0.3 is 0 Å². The number of imidazole rings is 1. The Morgan fingerprint density at radius 2 is 2.12 bits per heavy atom. The average molecular weight is 245 g/mol. The topological polar surface area (TPSA) is 67.6 Å². The van der Waals surface area contributed by atoms with E-state index in [1.165, 1.54) is 0 Å². The molecule has 0 spiro atoms. The zero-order valence-electron chi connectivity index (χ0n) is 8.81. The number of benzene rings is 1. The molecule has 4 nitrogen and oxygen atoms in total. The fourth-order valence-electron chi connectivity index (χ4n) is 1.70. The van der Waals surface area contributed by atoms with E-state index in [4.69, 9.17) is 17.3 Å². The van der Waals surface area contributed by atoms with Crippen molar-refractivity contribution in [1.29, 1.82) is 0 Å². The number of nitrogens with zero attached hydrogens (tertiary/aromatic N) is 2. The van der Waals surface area contributed by atoms with Crippen LogP contribution in [0, 0.1) is 0 Å². The standard InChI is InChI=1S/C12H9ClN4/c13-9-6-7(14)3-4-8(9)11-16-10-2-1-5-15-12(10)17-11/h1-6H,14H2,(H,15,16,17). The molecule has 0 saturated heterocycles. The predicted molar refractivity (Wildman–Crippen MR) is 68.7 cm³/mol. The third kappa shape index (κ3) is 1.72. The van der Waals surface area contributed by atoms with E-state index in [-0.39, 0.29) is 0 Å². The SMILES string of the molecule is Nc1ccc(-c2nc3ncccc3[nH]2)c(Cl)c1. The number of fused-ring (bicyclic) bond motifs is 1. The first-order chi connectivity index (χ1) is 8.24. The summed E-state index contributed by atoms with van der Waals surface area (Å²) in [6, 6.07) is 9.12. The number of nitrogens with one attached hydrogen (secondary N) is 1. The van der Waals surface area contributed by atoms with Crippen LogP contribution in [0.15, 0.2) is 36.5 Å². The molecule has 3 rings (SSSR count). The highest BCUT2D eigenvalue weighted by atomic mass is 35.5. The molecule has 17 heavy (non-hydrogen) atoms. The molecule has 2 aromatic heterocycles. The number of nitrogens with two attached hydrogens (primary N) is 1. The van der Waals surface area contributed by atoms with Gasteiger partial charge in [-0.15, -0.1) is 0 Å². The monoisotopic (exact) mass is 244 g/mol. The minimum Gasteiger partial charge on any atom is -0.399 e. The highest BCUT2D eigenvalue weighted by Gasteiger charge is 2.09. The van der Waals surface area contributed by atoms with Crippen LogP contribution in [0.4, 0.5) is 5.69 Å². The highest BCUT2D eigenvalue weighted by molar-refractivity contribution is 6.33. The second-order valence-corrected chi connectivity index (χ2v) is 4.11. The number of rotatable bonds is 1. The number of nitrogen functional groups attached to an aromatic ring is 1. The Balaban J connectivity index is 2.20. The van der Waals surface area contributed by atoms with Gasteiger partial charge < -0.3 is 10.7 Å². The molecule has 84 valence electrons. The lowest BCUT2D eigenvalue weighted by molar-refractivity contribution is 1.30. The number of H-pyrrole nitrogens is 1. The average Bonchev–Trinajstić information content (AvgIpc) is 2.72. The molecule has 1 aromatic carbocycles. The van der Waals surface area contributed by atoms with Gasteiger partial charge in [0.2, 0.25) is 0 Å². The van der Waals surface area contributed by atoms with Crippen LogP contribution in [-0.4, -0.2) is 15.0 Å². The molecule has 3 N–H and O–H groups in total. The van der Waals surface area contributed by atoms with Crippen molar-refractivity contribution in [2.45, 2.75) is 0 Å². The van der Waals surface area contributed by atoms with Gasteiger partial charge in [0, 0.05) is 17.4 Å². The lowest BCUT2D eigenvalue weighted by Crippen LogP contribution is -1.87. The molecular weight excluding hydrogens is 236 g/mol. The van der Waals surface area contributed by atoms with Crippen LogP contribution in [0.1, 0.15) is 0 Å². The number of anilines is 1. The summed E-state index contributed by atoms with van der Waals surface area (Å²) in [5.74, 6) is 0.698. The van der Waals surface area contributed by atoms with Crippen molar-refractivity contribution in [1.82, 2.24) is 15.0 Å². The molecule has 0 saturated carbocycles. The number of hydrogen-bond donors (Lipinski definition) is 2. The van der Waals surface area contributed by atoms with Gasteiger partial charge in [-0.05, 0) is 30.3 Å². The molecule has 0 bridgehead atoms. The molecule has 5 heteroatoms. The molecule has 0 fully saturated rings. The first kappa shape index (κ1) is 10.1. The Hall–Kier alpha value is -2.07. The maximum Gasteiger partial charge on any atom is 0.178 e. The molecule has 0 aliphatic rings. The minimum absolute atomic E-state index is 0.573. The highest BCUT2D eigenvalue weighted by Crippen LogP contribution is 2.28. The summed E-state index contributed by atoms with van der Waals surface area (Å²) >= 11 is 6.13. The van der Waals surface area contributed by atoms with Crippen LogP contribution >= 0.6 is 11.6 Å². The van der Waals surface area contributed by atoms with Crippen LogP contribution in [0.25, 0.3) is 22.6 Å². The molecule has 3 aromatic rings. The maximum atomic E-state index is 6.13. The first-order valence-corrected chi connectivity index (χ1v) is 5.48. The van der Waals surface area contributed by atoms with Crippen molar-refractivity contribution in [2.24, 2.45) is 0 Å². The van der Waals surface area contributed by atoms with E-state index >= 15 is 0 Å². The summed E-state index contributed by atoms with van der Waals surface area (Å²) in [5, 5.41) is 0.573. The minimum atomic E-state index is 0.573. The second kappa shape index (κ2) is 3.75. The predicted octanol–water partition coefficient (Wildman–Crippen LogP) is 2.86. The summed E-state index contributed by atoms with van der Waals surface area (Å²) in [6.45, 7) is 0. The van der Waals surface area contributed by atoms with Gasteiger partial charge in [0.1, 0.15) is 5.82 Å². The summed E-state index contributed by atoms with van der Waals surface area (Å²) in [6.07, 6.45) is 1.71. The van der Waals surface area contributed by atoms with E-state index in [1.807, 2.05) is 18.2 Å². The van der Waals surface area contributed by atoms with E-state index in [0.29, 0.717) is 22.2 Å². The molecule has 0 radical (unpaired) electrons. The number of pyridine rings is 1. The molecule has 0 aliphatic carbocycles. The van der Waals surface area contributed by atoms with Gasteiger partial charge in [0.05, 0.1) is 10.5 Å². The number of halogens is 1. The zero-order chi connectivity index (χ0) is 11.8. The van der Waals surface area contributed by atoms with Crippen molar-refractivity contribution in [3.63, 3.8) is 0 Å². The van der Waals surface area contributed by atoms with Crippen molar-refractivity contribution < 1.29 is 0 Å². The second-order valence-electron chi connectivity index (χ2n) is 3.70. The zero-order valence-corrected chi connectivity index (χ0v) is 9.57. The third-order valence-corrected chi connectivity index (χ3v) is 2.82. The van der Waals surface area contributed by atoms with E-state index in [9.17, 15) is 0 Å². The van der Waals surface area contributed by atoms with Gasteiger partial charge in [-0.3, -0.25) is 0 Å². The van der Waals surface area contributed by atoms with Crippen molar-refractivity contribution >= 4 is 28.5 Å². The van der Waals surface area contributed by atoms with E-state index in [0.717, 1.165) is 11.1 Å². The van der Waals surface area contributed by atoms with Crippen LogP contribution in [-0.2, 0) is 0 Å². The Kier molecular flexibility index (Phi) is 2.23. The van der Waals surface area contributed by atoms with Gasteiger partial charge in [-0.1, -0.05) is 11.6 Å². The first-order valence-electron chi connectivity index (χ1n) is 5.10. The van der Waals surface area contributed by atoms with Crippen LogP contribution in [0.3, 0.4) is 0 Å². The lowest BCUT2D eigenvalue weighted by atomic mass is 10.2. The van der Waals surface area contributed by atoms with Gasteiger partial charge in [-0.2, -0.15) is 0 Å². The van der Waals surface area contributed by atoms with Crippen molar-refractivity contribution in [2.75, 3.05) is 5.73 Å². The smallest absolute Gasteiger partial charge is 0.178 e. The molecule has 0 amide bonds. The normalized spacial score (nSPS) is 10.9. The summed E-state index contributed by atoms with van der Waals surface area (Å²) < 4.78 is 0.